The Balaban J connectivity index is 0.000000569. The second kappa shape index (κ2) is 19.0. The molecule has 5 rings (SSSR count). The second-order valence-corrected chi connectivity index (χ2v) is 11.5. The SMILES string of the molecule is CCc1ccccc1.N#CC(C(=O)CCc1cccc(CCC(=O)C(C#N)Cc2ccccc2)c1)=C(c1ccccc1)c1ccccc1. The number of nitriles is 2. The average molecular weight is 629 g/mol. The lowest BCUT2D eigenvalue weighted by molar-refractivity contribution is -0.121. The first kappa shape index (κ1) is 35.0. The van der Waals surface area contributed by atoms with Crippen molar-refractivity contribution in [2.75, 3.05) is 0 Å². The van der Waals surface area contributed by atoms with Crippen molar-refractivity contribution < 1.29 is 9.59 Å². The Morgan fingerprint density at radius 1 is 0.583 bits per heavy atom. The van der Waals surface area contributed by atoms with Gasteiger partial charge in [0.25, 0.3) is 0 Å². The number of allylic oxidation sites excluding steroid dienone is 1. The van der Waals surface area contributed by atoms with Crippen molar-refractivity contribution in [2.24, 2.45) is 5.92 Å². The van der Waals surface area contributed by atoms with Crippen LogP contribution in [0.4, 0.5) is 0 Å². The normalized spacial score (nSPS) is 10.7. The van der Waals surface area contributed by atoms with Gasteiger partial charge in [-0.3, -0.25) is 9.59 Å². The number of carbonyl (C=O) groups excluding carboxylic acids is 2. The van der Waals surface area contributed by atoms with Crippen molar-refractivity contribution in [1.29, 1.82) is 10.5 Å². The van der Waals surface area contributed by atoms with E-state index in [1.54, 1.807) is 0 Å². The molecule has 0 radical (unpaired) electrons. The average Bonchev–Trinajstić information content (AvgIpc) is 3.16. The van der Waals surface area contributed by atoms with Crippen LogP contribution in [0.2, 0.25) is 0 Å². The molecule has 0 saturated carbocycles. The molecule has 0 N–H and O–H groups in total. The third kappa shape index (κ3) is 10.6. The van der Waals surface area contributed by atoms with Gasteiger partial charge in [0.2, 0.25) is 0 Å². The lowest BCUT2D eigenvalue weighted by Crippen LogP contribution is -2.16. The molecular weight excluding hydrogens is 588 g/mol. The molecule has 1 unspecified atom stereocenters. The smallest absolute Gasteiger partial charge is 0.174 e. The monoisotopic (exact) mass is 628 g/mol. The summed E-state index contributed by atoms with van der Waals surface area (Å²) in [5.74, 6) is -0.934. The van der Waals surface area contributed by atoms with E-state index in [1.165, 1.54) is 5.56 Å². The van der Waals surface area contributed by atoms with Crippen LogP contribution in [0.1, 0.15) is 53.1 Å². The molecule has 5 aromatic rings. The molecule has 5 aromatic carbocycles. The molecule has 4 heteroatoms. The zero-order chi connectivity index (χ0) is 34.0. The van der Waals surface area contributed by atoms with E-state index in [0.29, 0.717) is 24.8 Å². The summed E-state index contributed by atoms with van der Waals surface area (Å²) >= 11 is 0. The van der Waals surface area contributed by atoms with Crippen molar-refractivity contribution in [3.63, 3.8) is 0 Å². The fourth-order valence-electron chi connectivity index (χ4n) is 5.48. The van der Waals surface area contributed by atoms with E-state index in [-0.39, 0.29) is 30.0 Å². The van der Waals surface area contributed by atoms with Crippen LogP contribution in [0.5, 0.6) is 0 Å². The first-order chi connectivity index (χ1) is 23.5. The molecule has 48 heavy (non-hydrogen) atoms. The van der Waals surface area contributed by atoms with Crippen LogP contribution in [-0.4, -0.2) is 11.6 Å². The van der Waals surface area contributed by atoms with E-state index in [1.807, 2.05) is 121 Å². The lowest BCUT2D eigenvalue weighted by Gasteiger charge is -2.12. The summed E-state index contributed by atoms with van der Waals surface area (Å²) in [6.07, 6.45) is 3.05. The molecule has 0 aromatic heterocycles. The van der Waals surface area contributed by atoms with Crippen molar-refractivity contribution in [1.82, 2.24) is 0 Å². The molecule has 4 nitrogen and oxygen atoms in total. The van der Waals surface area contributed by atoms with Crippen LogP contribution in [0, 0.1) is 28.6 Å². The molecular formula is C44H40N2O2. The Hall–Kier alpha value is -5.84. The topological polar surface area (TPSA) is 81.7 Å². The van der Waals surface area contributed by atoms with Crippen molar-refractivity contribution in [3.8, 4) is 12.1 Å². The minimum atomic E-state index is -0.664. The summed E-state index contributed by atoms with van der Waals surface area (Å²) in [4.78, 5) is 26.1. The van der Waals surface area contributed by atoms with Crippen LogP contribution < -0.4 is 0 Å². The van der Waals surface area contributed by atoms with Gasteiger partial charge in [0.05, 0.1) is 6.07 Å². The van der Waals surface area contributed by atoms with Crippen molar-refractivity contribution in [3.05, 3.63) is 185 Å². The van der Waals surface area contributed by atoms with Gasteiger partial charge in [0.1, 0.15) is 17.6 Å². The first-order valence-corrected chi connectivity index (χ1v) is 16.4. The molecule has 0 saturated heterocycles. The van der Waals surface area contributed by atoms with Crippen LogP contribution in [0.15, 0.2) is 151 Å². The highest BCUT2D eigenvalue weighted by Gasteiger charge is 2.20. The van der Waals surface area contributed by atoms with Crippen molar-refractivity contribution in [2.45, 2.75) is 45.4 Å². The van der Waals surface area contributed by atoms with E-state index in [4.69, 9.17) is 0 Å². The van der Waals surface area contributed by atoms with E-state index in [2.05, 4.69) is 43.3 Å². The Morgan fingerprint density at radius 3 is 1.50 bits per heavy atom. The number of carbonyl (C=O) groups is 2. The quantitative estimate of drug-likeness (QED) is 0.0961. The standard InChI is InChI=1S/C36H30N2O2.C8H10/c37-25-32(24-27-11-4-1-5-12-27)34(39)21-19-28-13-10-14-29(23-28)20-22-35(40)33(26-38)36(30-15-6-2-7-16-30)31-17-8-3-9-18-31;1-2-8-6-4-3-5-7-8/h1-18,23,32H,19-22,24H2;3-7H,2H2,1H3. The maximum Gasteiger partial charge on any atom is 0.174 e. The third-order valence-electron chi connectivity index (χ3n) is 8.14. The molecule has 0 heterocycles. The van der Waals surface area contributed by atoms with E-state index in [0.717, 1.165) is 34.2 Å². The minimum absolute atomic E-state index is 0.0647. The predicted molar refractivity (Wildman–Crippen MR) is 193 cm³/mol. The number of ketones is 2. The van der Waals surface area contributed by atoms with Gasteiger partial charge in [-0.1, -0.05) is 153 Å². The molecule has 0 fully saturated rings. The van der Waals surface area contributed by atoms with Gasteiger partial charge in [0.15, 0.2) is 11.6 Å². The van der Waals surface area contributed by atoms with Gasteiger partial charge in [-0.2, -0.15) is 10.5 Å². The fourth-order valence-corrected chi connectivity index (χ4v) is 5.48. The Labute approximate surface area is 284 Å². The Kier molecular flexibility index (Phi) is 13.8. The van der Waals surface area contributed by atoms with Gasteiger partial charge in [0, 0.05) is 18.4 Å². The lowest BCUT2D eigenvalue weighted by atomic mass is 9.90. The largest absolute Gasteiger partial charge is 0.298 e. The van der Waals surface area contributed by atoms with Crippen LogP contribution >= 0.6 is 0 Å². The van der Waals surface area contributed by atoms with E-state index in [9.17, 15) is 20.1 Å². The zero-order valence-electron chi connectivity index (χ0n) is 27.4. The molecule has 0 aliphatic rings. The summed E-state index contributed by atoms with van der Waals surface area (Å²) in [7, 11) is 0. The van der Waals surface area contributed by atoms with E-state index < -0.39 is 5.92 Å². The maximum absolute atomic E-state index is 13.3. The highest BCUT2D eigenvalue weighted by molar-refractivity contribution is 6.09. The summed E-state index contributed by atoms with van der Waals surface area (Å²) in [6, 6.07) is 51.3. The highest BCUT2D eigenvalue weighted by Crippen LogP contribution is 2.28. The number of Topliss-reactive ketones (excluding diaryl/α,β-unsaturated/α-hetero) is 2. The molecule has 0 spiro atoms. The highest BCUT2D eigenvalue weighted by atomic mass is 16.1. The van der Waals surface area contributed by atoms with Gasteiger partial charge >= 0.3 is 0 Å². The summed E-state index contributed by atoms with van der Waals surface area (Å²) < 4.78 is 0. The van der Waals surface area contributed by atoms with E-state index >= 15 is 0 Å². The molecule has 0 amide bonds. The number of rotatable bonds is 13. The van der Waals surface area contributed by atoms with Crippen LogP contribution in [0.25, 0.3) is 5.57 Å². The van der Waals surface area contributed by atoms with Gasteiger partial charge in [-0.05, 0) is 59.1 Å². The molecule has 0 aliphatic carbocycles. The second-order valence-electron chi connectivity index (χ2n) is 11.5. The molecule has 1 atom stereocenters. The summed E-state index contributed by atoms with van der Waals surface area (Å²) in [5.41, 5.74) is 6.79. The Morgan fingerprint density at radius 2 is 1.04 bits per heavy atom. The van der Waals surface area contributed by atoms with Gasteiger partial charge < -0.3 is 0 Å². The van der Waals surface area contributed by atoms with Crippen LogP contribution in [-0.2, 0) is 35.3 Å². The van der Waals surface area contributed by atoms with Gasteiger partial charge in [-0.15, -0.1) is 0 Å². The number of aryl methyl sites for hydroxylation is 3. The minimum Gasteiger partial charge on any atom is -0.298 e. The maximum atomic E-state index is 13.3. The van der Waals surface area contributed by atoms with Crippen molar-refractivity contribution >= 4 is 17.1 Å². The molecule has 238 valence electrons. The van der Waals surface area contributed by atoms with Gasteiger partial charge in [-0.25, -0.2) is 0 Å². The number of benzene rings is 5. The number of hydrogen-bond acceptors (Lipinski definition) is 4. The summed E-state index contributed by atoms with van der Waals surface area (Å²) in [5, 5.41) is 19.6. The molecule has 0 bridgehead atoms. The predicted octanol–water partition coefficient (Wildman–Crippen LogP) is 9.35. The first-order valence-electron chi connectivity index (χ1n) is 16.4. The fraction of sp³-hybridized carbons (Fsp3) is 0.182. The molecule has 0 aliphatic heterocycles. The Bertz CT molecular complexity index is 1830. The number of nitrogens with zero attached hydrogens (tertiary/aromatic N) is 2. The third-order valence-corrected chi connectivity index (χ3v) is 8.14. The van der Waals surface area contributed by atoms with Crippen LogP contribution in [0.3, 0.4) is 0 Å². The zero-order valence-corrected chi connectivity index (χ0v) is 27.4. The summed E-state index contributed by atoms with van der Waals surface area (Å²) in [6.45, 7) is 2.16. The number of hydrogen-bond donors (Lipinski definition) is 0.